The summed E-state index contributed by atoms with van der Waals surface area (Å²) in [4.78, 5) is 20.6. The molecule has 1 amide bonds. The highest BCUT2D eigenvalue weighted by Gasteiger charge is 2.21. The Balaban J connectivity index is 1.38. The highest BCUT2D eigenvalue weighted by atomic mass is 35.5. The lowest BCUT2D eigenvalue weighted by atomic mass is 10.2. The van der Waals surface area contributed by atoms with E-state index in [1.165, 1.54) is 16.8 Å². The molecule has 0 unspecified atom stereocenters. The summed E-state index contributed by atoms with van der Waals surface area (Å²) < 4.78 is 20.0. The van der Waals surface area contributed by atoms with Gasteiger partial charge in [0.15, 0.2) is 11.6 Å². The van der Waals surface area contributed by atoms with Crippen molar-refractivity contribution in [3.05, 3.63) is 88.7 Å². The number of nitrogens with one attached hydrogen (secondary N) is 2. The third kappa shape index (κ3) is 3.76. The molecule has 0 saturated carbocycles. The van der Waals surface area contributed by atoms with Gasteiger partial charge in [-0.05, 0) is 55.0 Å². The molecule has 0 aliphatic rings. The molecule has 5 rings (SSSR count). The number of hydrogen-bond donors (Lipinski definition) is 2. The van der Waals surface area contributed by atoms with Crippen molar-refractivity contribution in [1.82, 2.24) is 19.7 Å². The lowest BCUT2D eigenvalue weighted by molar-refractivity contribution is 0.102. The number of hydrogen-bond acceptors (Lipinski definition) is 4. The van der Waals surface area contributed by atoms with Crippen LogP contribution in [-0.4, -0.2) is 25.7 Å². The zero-order valence-corrected chi connectivity index (χ0v) is 17.7. The Morgan fingerprint density at radius 2 is 2.03 bits per heavy atom. The van der Waals surface area contributed by atoms with Crippen LogP contribution < -0.4 is 5.32 Å². The number of furan rings is 1. The second-order valence-corrected chi connectivity index (χ2v) is 7.64. The van der Waals surface area contributed by atoms with Crippen LogP contribution >= 0.6 is 11.6 Å². The fourth-order valence-electron chi connectivity index (χ4n) is 3.49. The molecule has 0 bridgehead atoms. The molecule has 160 valence electrons. The van der Waals surface area contributed by atoms with E-state index in [9.17, 15) is 9.18 Å². The number of carbonyl (C=O) groups excluding carboxylic acids is 1. The van der Waals surface area contributed by atoms with Gasteiger partial charge in [-0.1, -0.05) is 23.7 Å². The summed E-state index contributed by atoms with van der Waals surface area (Å²) in [6.07, 6.45) is 1.58. The average Bonchev–Trinajstić information content (AvgIpc) is 3.49. The maximum absolute atomic E-state index is 13.1. The van der Waals surface area contributed by atoms with E-state index in [4.69, 9.17) is 16.0 Å². The third-order valence-electron chi connectivity index (χ3n) is 5.03. The molecule has 5 aromatic rings. The number of rotatable bonds is 5. The molecule has 0 aliphatic heterocycles. The molecular formula is C23H17ClFN5O2. The van der Waals surface area contributed by atoms with E-state index in [1.807, 2.05) is 6.07 Å². The van der Waals surface area contributed by atoms with Crippen LogP contribution in [-0.2, 0) is 6.54 Å². The van der Waals surface area contributed by atoms with E-state index in [1.54, 1.807) is 49.6 Å². The summed E-state index contributed by atoms with van der Waals surface area (Å²) in [7, 11) is 0. The van der Waals surface area contributed by atoms with Crippen LogP contribution in [0.3, 0.4) is 0 Å². The monoisotopic (exact) mass is 449 g/mol. The molecular weight excluding hydrogens is 433 g/mol. The van der Waals surface area contributed by atoms with Gasteiger partial charge in [0.25, 0.3) is 5.91 Å². The molecule has 0 fully saturated rings. The molecule has 32 heavy (non-hydrogen) atoms. The second-order valence-electron chi connectivity index (χ2n) is 7.28. The van der Waals surface area contributed by atoms with Crippen LogP contribution in [0.4, 0.5) is 10.1 Å². The molecule has 0 atom stereocenters. The van der Waals surface area contributed by atoms with Gasteiger partial charge in [-0.3, -0.25) is 4.79 Å². The van der Waals surface area contributed by atoms with Gasteiger partial charge in [0, 0.05) is 5.69 Å². The van der Waals surface area contributed by atoms with Gasteiger partial charge in [0.2, 0.25) is 0 Å². The van der Waals surface area contributed by atoms with Crippen LogP contribution in [0.2, 0.25) is 5.15 Å². The predicted octanol–water partition coefficient (Wildman–Crippen LogP) is 5.42. The van der Waals surface area contributed by atoms with E-state index < -0.39 is 0 Å². The maximum atomic E-state index is 13.1. The molecule has 9 heteroatoms. The summed E-state index contributed by atoms with van der Waals surface area (Å²) in [6.45, 7) is 2.04. The van der Waals surface area contributed by atoms with Gasteiger partial charge in [-0.15, -0.1) is 0 Å². The number of amides is 1. The van der Waals surface area contributed by atoms with Crippen molar-refractivity contribution in [1.29, 1.82) is 0 Å². The Morgan fingerprint density at radius 3 is 2.78 bits per heavy atom. The second kappa shape index (κ2) is 7.97. The van der Waals surface area contributed by atoms with Crippen molar-refractivity contribution in [2.45, 2.75) is 13.5 Å². The van der Waals surface area contributed by atoms with Gasteiger partial charge >= 0.3 is 0 Å². The zero-order valence-electron chi connectivity index (χ0n) is 16.9. The van der Waals surface area contributed by atoms with Crippen LogP contribution in [0.25, 0.3) is 22.6 Å². The van der Waals surface area contributed by atoms with Crippen LogP contribution in [0.1, 0.15) is 21.6 Å². The number of imidazole rings is 1. The molecule has 0 aliphatic carbocycles. The summed E-state index contributed by atoms with van der Waals surface area (Å²) >= 11 is 6.47. The lowest BCUT2D eigenvalue weighted by Gasteiger charge is -2.06. The SMILES string of the molecule is Cc1nn(Cc2ccc(F)cc2)c(Cl)c1C(=O)Nc1ccc2nc(-c3ccco3)[nH]c2c1. The zero-order chi connectivity index (χ0) is 22.2. The summed E-state index contributed by atoms with van der Waals surface area (Å²) in [5.74, 6) is 0.544. The standard InChI is InChI=1S/C23H17ClFN5O2/c1-13-20(21(24)30(29-13)12-14-4-6-15(25)7-5-14)23(31)26-16-8-9-17-18(11-16)28-22(27-17)19-3-2-10-32-19/h2-11H,12H2,1H3,(H,26,31)(H,27,28). The minimum Gasteiger partial charge on any atom is -0.461 e. The number of fused-ring (bicyclic) bond motifs is 1. The number of benzene rings is 2. The fourth-order valence-corrected chi connectivity index (χ4v) is 3.81. The number of anilines is 1. The van der Waals surface area contributed by atoms with E-state index in [-0.39, 0.29) is 22.4 Å². The topological polar surface area (TPSA) is 88.7 Å². The minimum absolute atomic E-state index is 0.215. The predicted molar refractivity (Wildman–Crippen MR) is 119 cm³/mol. The van der Waals surface area contributed by atoms with Crippen molar-refractivity contribution in [3.63, 3.8) is 0 Å². The Hall–Kier alpha value is -3.91. The highest BCUT2D eigenvalue weighted by Crippen LogP contribution is 2.25. The van der Waals surface area contributed by atoms with Crippen molar-refractivity contribution in [2.24, 2.45) is 0 Å². The number of aryl methyl sites for hydroxylation is 1. The number of nitrogens with zero attached hydrogens (tertiary/aromatic N) is 3. The van der Waals surface area contributed by atoms with Gasteiger partial charge in [0.05, 0.1) is 35.1 Å². The van der Waals surface area contributed by atoms with E-state index in [0.717, 1.165) is 16.6 Å². The molecule has 3 heterocycles. The van der Waals surface area contributed by atoms with E-state index in [2.05, 4.69) is 20.4 Å². The molecule has 2 N–H and O–H groups in total. The first-order chi connectivity index (χ1) is 15.5. The molecule has 3 aromatic heterocycles. The van der Waals surface area contributed by atoms with Crippen molar-refractivity contribution >= 4 is 34.2 Å². The van der Waals surface area contributed by atoms with Gasteiger partial charge in [-0.2, -0.15) is 5.10 Å². The highest BCUT2D eigenvalue weighted by molar-refractivity contribution is 6.33. The Morgan fingerprint density at radius 1 is 1.22 bits per heavy atom. The van der Waals surface area contributed by atoms with Crippen LogP contribution in [0.5, 0.6) is 0 Å². The fraction of sp³-hybridized carbons (Fsp3) is 0.0870. The first-order valence-corrected chi connectivity index (χ1v) is 10.2. The quantitative estimate of drug-likeness (QED) is 0.375. The molecule has 0 saturated heterocycles. The molecule has 2 aromatic carbocycles. The number of aromatic amines is 1. The Bertz CT molecular complexity index is 1420. The first kappa shape index (κ1) is 20.0. The van der Waals surface area contributed by atoms with E-state index >= 15 is 0 Å². The molecule has 0 radical (unpaired) electrons. The maximum Gasteiger partial charge on any atom is 0.260 e. The third-order valence-corrected chi connectivity index (χ3v) is 5.42. The minimum atomic E-state index is -0.372. The van der Waals surface area contributed by atoms with Crippen LogP contribution in [0, 0.1) is 12.7 Å². The summed E-state index contributed by atoms with van der Waals surface area (Å²) in [6, 6.07) is 15.0. The number of aromatic nitrogens is 4. The Kier molecular flexibility index (Phi) is 4.99. The summed E-state index contributed by atoms with van der Waals surface area (Å²) in [5.41, 5.74) is 3.69. The number of carbonyl (C=O) groups is 1. The van der Waals surface area contributed by atoms with Crippen molar-refractivity contribution in [2.75, 3.05) is 5.32 Å². The molecule has 0 spiro atoms. The normalized spacial score (nSPS) is 11.2. The number of H-pyrrole nitrogens is 1. The van der Waals surface area contributed by atoms with Gasteiger partial charge in [0.1, 0.15) is 11.0 Å². The van der Waals surface area contributed by atoms with E-state index in [0.29, 0.717) is 29.5 Å². The van der Waals surface area contributed by atoms with Crippen LogP contribution in [0.15, 0.2) is 65.3 Å². The smallest absolute Gasteiger partial charge is 0.260 e. The Labute approximate surface area is 186 Å². The molecule has 7 nitrogen and oxygen atoms in total. The number of halogens is 2. The first-order valence-electron chi connectivity index (χ1n) is 9.80. The van der Waals surface area contributed by atoms with Crippen molar-refractivity contribution < 1.29 is 13.6 Å². The van der Waals surface area contributed by atoms with Crippen molar-refractivity contribution in [3.8, 4) is 11.6 Å². The van der Waals surface area contributed by atoms with Gasteiger partial charge < -0.3 is 14.7 Å². The lowest BCUT2D eigenvalue weighted by Crippen LogP contribution is -2.13. The largest absolute Gasteiger partial charge is 0.461 e. The average molecular weight is 450 g/mol. The summed E-state index contributed by atoms with van der Waals surface area (Å²) in [5, 5.41) is 7.45. The van der Waals surface area contributed by atoms with Gasteiger partial charge in [-0.25, -0.2) is 14.1 Å².